The van der Waals surface area contributed by atoms with Gasteiger partial charge in [0.2, 0.25) is 0 Å². The predicted octanol–water partition coefficient (Wildman–Crippen LogP) is 5.08. The summed E-state index contributed by atoms with van der Waals surface area (Å²) in [4.78, 5) is 13.0. The van der Waals surface area contributed by atoms with Gasteiger partial charge in [-0.2, -0.15) is 0 Å². The fourth-order valence-electron chi connectivity index (χ4n) is 6.01. The highest BCUT2D eigenvalue weighted by Crippen LogP contribution is 2.54. The van der Waals surface area contributed by atoms with Crippen molar-refractivity contribution in [2.45, 2.75) is 56.9 Å². The summed E-state index contributed by atoms with van der Waals surface area (Å²) >= 11 is 0. The Morgan fingerprint density at radius 2 is 2.07 bits per heavy atom. The maximum absolute atomic E-state index is 11.2. The first-order valence-electron chi connectivity index (χ1n) is 10.9. The average Bonchev–Trinajstić information content (AvgIpc) is 2.77. The Balaban J connectivity index is 1.77. The Morgan fingerprint density at radius 1 is 1.27 bits per heavy atom. The maximum atomic E-state index is 11.2. The lowest BCUT2D eigenvalue weighted by atomic mass is 9.54. The number of hydrogen-bond donors (Lipinski definition) is 1. The largest absolute Gasteiger partial charge is 0.497 e. The van der Waals surface area contributed by atoms with Crippen LogP contribution in [0.4, 0.5) is 17.1 Å². The molecule has 160 valence electrons. The van der Waals surface area contributed by atoms with Gasteiger partial charge in [0.25, 0.3) is 5.69 Å². The number of nitrogens with zero attached hydrogens (tertiary/aromatic N) is 2. The van der Waals surface area contributed by atoms with Crippen LogP contribution >= 0.6 is 0 Å². The molecule has 0 radical (unpaired) electrons. The molecule has 6 nitrogen and oxygen atoms in total. The van der Waals surface area contributed by atoms with Crippen LogP contribution in [0, 0.1) is 16.0 Å². The number of hydrogen-bond acceptors (Lipinski definition) is 5. The maximum Gasteiger partial charge on any atom is 0.292 e. The highest BCUT2D eigenvalue weighted by molar-refractivity contribution is 5.67. The van der Waals surface area contributed by atoms with E-state index in [0.29, 0.717) is 12.0 Å². The topological polar surface area (TPSA) is 81.6 Å². The molecule has 2 N–H and O–H groups in total. The Labute approximate surface area is 178 Å². The summed E-state index contributed by atoms with van der Waals surface area (Å²) in [6, 6.07) is 12.0. The van der Waals surface area contributed by atoms with Gasteiger partial charge in [-0.15, -0.1) is 0 Å². The van der Waals surface area contributed by atoms with Crippen molar-refractivity contribution in [3.63, 3.8) is 0 Å². The second-order valence-corrected chi connectivity index (χ2v) is 8.77. The summed E-state index contributed by atoms with van der Waals surface area (Å²) in [5, 5.41) is 11.2. The number of anilines is 2. The number of nitrogens with two attached hydrogens (primary N) is 1. The van der Waals surface area contributed by atoms with Crippen LogP contribution in [0.25, 0.3) is 0 Å². The minimum Gasteiger partial charge on any atom is -0.497 e. The van der Waals surface area contributed by atoms with Crippen LogP contribution < -0.4 is 15.4 Å². The van der Waals surface area contributed by atoms with Gasteiger partial charge in [-0.1, -0.05) is 25.8 Å². The predicted molar refractivity (Wildman–Crippen MR) is 120 cm³/mol. The number of ether oxygens (including phenoxy) is 1. The molecule has 6 heteroatoms. The third-order valence-corrected chi connectivity index (χ3v) is 7.59. The number of nitrogen functional groups attached to an aromatic ring is 1. The molecule has 2 aromatic rings. The molecular weight excluding hydrogens is 378 g/mol. The van der Waals surface area contributed by atoms with Gasteiger partial charge < -0.3 is 15.4 Å². The third kappa shape index (κ3) is 3.18. The Kier molecular flexibility index (Phi) is 5.35. The van der Waals surface area contributed by atoms with Gasteiger partial charge in [0, 0.05) is 30.3 Å². The van der Waals surface area contributed by atoms with Gasteiger partial charge in [0.15, 0.2) is 0 Å². The number of rotatable bonds is 5. The lowest BCUT2D eigenvalue weighted by Crippen LogP contribution is -2.54. The second kappa shape index (κ2) is 7.82. The molecule has 1 fully saturated rings. The molecule has 4 rings (SSSR count). The Morgan fingerprint density at radius 3 is 2.73 bits per heavy atom. The van der Waals surface area contributed by atoms with Gasteiger partial charge in [-0.3, -0.25) is 10.1 Å². The molecule has 3 atom stereocenters. The summed E-state index contributed by atoms with van der Waals surface area (Å²) in [7, 11) is 3.84. The van der Waals surface area contributed by atoms with Crippen molar-refractivity contribution in [3.8, 4) is 5.75 Å². The van der Waals surface area contributed by atoms with Crippen LogP contribution in [-0.4, -0.2) is 25.1 Å². The summed E-state index contributed by atoms with van der Waals surface area (Å²) in [5.74, 6) is 1.46. The fraction of sp³-hybridized carbons (Fsp3) is 0.500. The number of nitro benzene ring substituents is 1. The van der Waals surface area contributed by atoms with Gasteiger partial charge in [0.05, 0.1) is 12.0 Å². The van der Waals surface area contributed by atoms with Crippen molar-refractivity contribution >= 4 is 17.1 Å². The first-order valence-corrected chi connectivity index (χ1v) is 10.9. The van der Waals surface area contributed by atoms with Crippen molar-refractivity contribution in [1.29, 1.82) is 0 Å². The van der Waals surface area contributed by atoms with Crippen LogP contribution in [0.15, 0.2) is 36.4 Å². The molecule has 2 aliphatic rings. The average molecular weight is 410 g/mol. The van der Waals surface area contributed by atoms with Crippen LogP contribution in [0.3, 0.4) is 0 Å². The Bertz CT molecular complexity index is 961. The van der Waals surface area contributed by atoms with E-state index in [1.807, 2.05) is 6.07 Å². The molecule has 0 heterocycles. The zero-order valence-electron chi connectivity index (χ0n) is 18.1. The quantitative estimate of drug-likeness (QED) is 0.423. The number of nitro groups is 1. The van der Waals surface area contributed by atoms with Crippen molar-refractivity contribution < 1.29 is 9.66 Å². The third-order valence-electron chi connectivity index (χ3n) is 7.59. The molecule has 0 unspecified atom stereocenters. The molecule has 2 aromatic carbocycles. The van der Waals surface area contributed by atoms with E-state index in [0.717, 1.165) is 24.3 Å². The van der Waals surface area contributed by atoms with E-state index in [4.69, 9.17) is 10.5 Å². The van der Waals surface area contributed by atoms with E-state index >= 15 is 0 Å². The van der Waals surface area contributed by atoms with Crippen molar-refractivity contribution in [3.05, 3.63) is 57.6 Å². The summed E-state index contributed by atoms with van der Waals surface area (Å²) < 4.78 is 5.56. The molecule has 0 aliphatic heterocycles. The summed E-state index contributed by atoms with van der Waals surface area (Å²) in [6.07, 6.45) is 6.95. The normalized spacial score (nSPS) is 25.2. The molecule has 2 aliphatic carbocycles. The van der Waals surface area contributed by atoms with Crippen molar-refractivity contribution in [2.75, 3.05) is 24.8 Å². The minimum atomic E-state index is -0.424. The first-order chi connectivity index (χ1) is 14.4. The van der Waals surface area contributed by atoms with E-state index in [-0.39, 0.29) is 16.8 Å². The van der Waals surface area contributed by atoms with Crippen LogP contribution in [0.2, 0.25) is 0 Å². The Hall–Kier alpha value is -2.76. The van der Waals surface area contributed by atoms with Crippen molar-refractivity contribution in [1.82, 2.24) is 0 Å². The van der Waals surface area contributed by atoms with E-state index in [1.54, 1.807) is 13.2 Å². The number of likely N-dealkylation sites (N-methyl/N-ethyl adjacent to an activating group) is 1. The van der Waals surface area contributed by atoms with E-state index in [1.165, 1.54) is 42.9 Å². The molecule has 0 saturated heterocycles. The van der Waals surface area contributed by atoms with Gasteiger partial charge >= 0.3 is 0 Å². The van der Waals surface area contributed by atoms with Crippen LogP contribution in [-0.2, 0) is 11.8 Å². The fourth-order valence-corrected chi connectivity index (χ4v) is 6.01. The van der Waals surface area contributed by atoms with Crippen LogP contribution in [0.5, 0.6) is 5.75 Å². The molecule has 30 heavy (non-hydrogen) atoms. The molecule has 0 spiro atoms. The smallest absolute Gasteiger partial charge is 0.292 e. The van der Waals surface area contributed by atoms with E-state index < -0.39 is 4.92 Å². The van der Waals surface area contributed by atoms with E-state index in [9.17, 15) is 10.1 Å². The van der Waals surface area contributed by atoms with Gasteiger partial charge in [0.1, 0.15) is 11.4 Å². The van der Waals surface area contributed by atoms with Crippen LogP contribution in [0.1, 0.15) is 50.2 Å². The zero-order chi connectivity index (χ0) is 21.5. The SMILES string of the molecule is CC[C@@]12CCCC[C@@H]1[C@@H](N(C)c1ccc([N+](=O)[O-])c(N)c1)Cc1ccc(OC)cc12. The number of fused-ring (bicyclic) bond motifs is 3. The highest BCUT2D eigenvalue weighted by Gasteiger charge is 2.49. The standard InChI is InChI=1S/C24H31N3O3/c1-4-24-12-6-5-7-19(24)23(13-16-8-10-18(30-3)15-20(16)24)26(2)17-9-11-22(27(28)29)21(25)14-17/h8-11,14-15,19,23H,4-7,12-13,25H2,1-3H3/t19-,23+,24-/m1/s1. The van der Waals surface area contributed by atoms with Crippen molar-refractivity contribution in [2.24, 2.45) is 5.92 Å². The molecule has 0 bridgehead atoms. The molecular formula is C24H31N3O3. The number of benzene rings is 2. The highest BCUT2D eigenvalue weighted by atomic mass is 16.6. The van der Waals surface area contributed by atoms with Gasteiger partial charge in [-0.25, -0.2) is 0 Å². The minimum absolute atomic E-state index is 0.0335. The second-order valence-electron chi connectivity index (χ2n) is 8.77. The lowest BCUT2D eigenvalue weighted by molar-refractivity contribution is -0.383. The molecule has 0 aromatic heterocycles. The van der Waals surface area contributed by atoms with E-state index in [2.05, 4.69) is 37.1 Å². The monoisotopic (exact) mass is 409 g/mol. The summed E-state index contributed by atoms with van der Waals surface area (Å²) in [6.45, 7) is 2.31. The summed E-state index contributed by atoms with van der Waals surface area (Å²) in [5.41, 5.74) is 10.1. The zero-order valence-corrected chi connectivity index (χ0v) is 18.1. The first kappa shape index (κ1) is 20.5. The molecule has 1 saturated carbocycles. The molecule has 0 amide bonds. The number of methoxy groups -OCH3 is 1. The lowest BCUT2D eigenvalue weighted by Gasteiger charge is -2.54. The van der Waals surface area contributed by atoms with Gasteiger partial charge in [-0.05, 0) is 67.0 Å².